The third-order valence-corrected chi connectivity index (χ3v) is 5.90. The maximum absolute atomic E-state index is 12.3. The fraction of sp³-hybridized carbons (Fsp3) is 0.696. The van der Waals surface area contributed by atoms with Gasteiger partial charge in [-0.15, -0.1) is 0 Å². The summed E-state index contributed by atoms with van der Waals surface area (Å²) in [6.07, 6.45) is 1.34. The number of aromatic nitrogens is 1. The molecule has 1 aromatic rings. The van der Waals surface area contributed by atoms with Crippen LogP contribution in [0.2, 0.25) is 0 Å². The number of aryl methyl sites for hydroxylation is 1. The first-order valence-electron chi connectivity index (χ1n) is 11.1. The maximum atomic E-state index is 12.3. The predicted molar refractivity (Wildman–Crippen MR) is 130 cm³/mol. The second kappa shape index (κ2) is 9.85. The minimum atomic E-state index is -0.597. The zero-order valence-corrected chi connectivity index (χ0v) is 22.1. The second-order valence-electron chi connectivity index (χ2n) is 10.5. The minimum Gasteiger partial charge on any atom is -0.444 e. The Morgan fingerprint density at radius 2 is 1.62 bits per heavy atom. The van der Waals surface area contributed by atoms with E-state index in [0.717, 1.165) is 48.2 Å². The SMILES string of the molecule is CCc1cc(N2CCC(C)(NC(=O)OC(C)(C)C)CC2)nc(NC(=O)OC(C)(C)C)c1Br. The average Bonchev–Trinajstić information content (AvgIpc) is 2.60. The van der Waals surface area contributed by atoms with E-state index in [1.54, 1.807) is 0 Å². The molecule has 9 heteroatoms. The number of hydrogen-bond donors (Lipinski definition) is 2. The van der Waals surface area contributed by atoms with E-state index < -0.39 is 23.4 Å². The van der Waals surface area contributed by atoms with Crippen LogP contribution in [0.25, 0.3) is 0 Å². The predicted octanol–water partition coefficient (Wildman–Crippen LogP) is 5.64. The molecule has 32 heavy (non-hydrogen) atoms. The van der Waals surface area contributed by atoms with Gasteiger partial charge in [-0.05, 0) is 95.3 Å². The molecule has 2 heterocycles. The van der Waals surface area contributed by atoms with Crippen LogP contribution in [0.3, 0.4) is 0 Å². The van der Waals surface area contributed by atoms with E-state index in [4.69, 9.17) is 9.47 Å². The molecular weight excluding hydrogens is 476 g/mol. The number of piperidine rings is 1. The quantitative estimate of drug-likeness (QED) is 0.542. The van der Waals surface area contributed by atoms with Crippen LogP contribution < -0.4 is 15.5 Å². The Morgan fingerprint density at radius 1 is 1.09 bits per heavy atom. The number of alkyl carbamates (subject to hydrolysis) is 1. The lowest BCUT2D eigenvalue weighted by Gasteiger charge is -2.40. The first-order valence-corrected chi connectivity index (χ1v) is 11.9. The molecule has 1 saturated heterocycles. The number of pyridine rings is 1. The molecule has 0 atom stereocenters. The van der Waals surface area contributed by atoms with Gasteiger partial charge in [0.1, 0.15) is 17.0 Å². The molecule has 0 aliphatic carbocycles. The van der Waals surface area contributed by atoms with Crippen molar-refractivity contribution in [1.82, 2.24) is 10.3 Å². The number of nitrogens with zero attached hydrogens (tertiary/aromatic N) is 2. The molecule has 0 spiro atoms. The molecular formula is C23H37BrN4O4. The number of amides is 2. The summed E-state index contributed by atoms with van der Waals surface area (Å²) in [6.45, 7) is 16.5. The molecule has 0 radical (unpaired) electrons. The number of ether oxygens (including phenoxy) is 2. The van der Waals surface area contributed by atoms with Crippen molar-refractivity contribution >= 4 is 39.8 Å². The van der Waals surface area contributed by atoms with Gasteiger partial charge in [0.2, 0.25) is 0 Å². The molecule has 0 saturated carbocycles. The lowest BCUT2D eigenvalue weighted by molar-refractivity contribution is 0.0447. The Balaban J connectivity index is 2.12. The van der Waals surface area contributed by atoms with Gasteiger partial charge in [-0.3, -0.25) is 5.32 Å². The van der Waals surface area contributed by atoms with Crippen LogP contribution in [0.5, 0.6) is 0 Å². The van der Waals surface area contributed by atoms with Gasteiger partial charge < -0.3 is 19.7 Å². The van der Waals surface area contributed by atoms with Gasteiger partial charge in [0, 0.05) is 18.6 Å². The highest BCUT2D eigenvalue weighted by Gasteiger charge is 2.34. The number of hydrogen-bond acceptors (Lipinski definition) is 6. The van der Waals surface area contributed by atoms with E-state index in [0.29, 0.717) is 5.82 Å². The van der Waals surface area contributed by atoms with Gasteiger partial charge in [-0.1, -0.05) is 6.92 Å². The van der Waals surface area contributed by atoms with Gasteiger partial charge in [0.05, 0.1) is 4.47 Å². The van der Waals surface area contributed by atoms with Crippen molar-refractivity contribution in [2.45, 2.75) is 91.4 Å². The van der Waals surface area contributed by atoms with Crippen molar-refractivity contribution in [3.8, 4) is 0 Å². The third-order valence-electron chi connectivity index (χ3n) is 5.01. The normalized spacial score (nSPS) is 16.3. The Hall–Kier alpha value is -2.03. The smallest absolute Gasteiger partial charge is 0.413 e. The standard InChI is InChI=1S/C23H37BrN4O4/c1-9-15-14-16(25-18(17(15)24)26-19(29)31-21(2,3)4)28-12-10-23(8,11-13-28)27-20(30)32-22(5,6)7/h14H,9-13H2,1-8H3,(H,27,30)(H,25,26,29). The summed E-state index contributed by atoms with van der Waals surface area (Å²) in [6, 6.07) is 2.04. The molecule has 0 bridgehead atoms. The summed E-state index contributed by atoms with van der Waals surface area (Å²) in [7, 11) is 0. The summed E-state index contributed by atoms with van der Waals surface area (Å²) in [5.41, 5.74) is -0.433. The minimum absolute atomic E-state index is 0.348. The highest BCUT2D eigenvalue weighted by Crippen LogP contribution is 2.32. The monoisotopic (exact) mass is 512 g/mol. The average molecular weight is 513 g/mol. The highest BCUT2D eigenvalue weighted by atomic mass is 79.9. The topological polar surface area (TPSA) is 92.8 Å². The molecule has 2 amide bonds. The van der Waals surface area contributed by atoms with Crippen molar-refractivity contribution in [1.29, 1.82) is 0 Å². The number of nitrogens with one attached hydrogen (secondary N) is 2. The van der Waals surface area contributed by atoms with E-state index in [2.05, 4.69) is 43.4 Å². The highest BCUT2D eigenvalue weighted by molar-refractivity contribution is 9.10. The van der Waals surface area contributed by atoms with Crippen LogP contribution >= 0.6 is 15.9 Å². The van der Waals surface area contributed by atoms with Gasteiger partial charge in [-0.25, -0.2) is 14.6 Å². The lowest BCUT2D eigenvalue weighted by atomic mass is 9.89. The van der Waals surface area contributed by atoms with Gasteiger partial charge in [-0.2, -0.15) is 0 Å². The second-order valence-corrected chi connectivity index (χ2v) is 11.3. The lowest BCUT2D eigenvalue weighted by Crippen LogP contribution is -2.54. The summed E-state index contributed by atoms with van der Waals surface area (Å²) in [5.74, 6) is 1.23. The van der Waals surface area contributed by atoms with Crippen LogP contribution in [-0.4, -0.2) is 47.0 Å². The number of carbonyl (C=O) groups is 2. The van der Waals surface area contributed by atoms with E-state index in [1.165, 1.54) is 0 Å². The molecule has 0 aromatic carbocycles. The summed E-state index contributed by atoms with van der Waals surface area (Å²) < 4.78 is 11.5. The van der Waals surface area contributed by atoms with Crippen molar-refractivity contribution in [2.75, 3.05) is 23.3 Å². The van der Waals surface area contributed by atoms with Crippen LogP contribution in [0.1, 0.15) is 73.8 Å². The number of carbonyl (C=O) groups excluding carboxylic acids is 2. The van der Waals surface area contributed by atoms with Crippen molar-refractivity contribution in [3.05, 3.63) is 16.1 Å². The molecule has 2 rings (SSSR count). The van der Waals surface area contributed by atoms with Crippen molar-refractivity contribution in [2.24, 2.45) is 0 Å². The molecule has 1 aliphatic heterocycles. The molecule has 1 aromatic heterocycles. The Kier molecular flexibility index (Phi) is 8.07. The van der Waals surface area contributed by atoms with Gasteiger partial charge in [0.15, 0.2) is 5.82 Å². The van der Waals surface area contributed by atoms with E-state index in [9.17, 15) is 9.59 Å². The fourth-order valence-electron chi connectivity index (χ4n) is 3.37. The molecule has 0 unspecified atom stereocenters. The summed E-state index contributed by atoms with van der Waals surface area (Å²) in [4.78, 5) is 31.4. The maximum Gasteiger partial charge on any atom is 0.413 e. The Labute approximate surface area is 199 Å². The van der Waals surface area contributed by atoms with Gasteiger partial charge in [0.25, 0.3) is 0 Å². The fourth-order valence-corrected chi connectivity index (χ4v) is 3.96. The number of rotatable bonds is 4. The summed E-state index contributed by atoms with van der Waals surface area (Å²) >= 11 is 3.56. The first kappa shape index (κ1) is 26.2. The van der Waals surface area contributed by atoms with Crippen LogP contribution in [0, 0.1) is 0 Å². The van der Waals surface area contributed by atoms with Crippen LogP contribution in [-0.2, 0) is 15.9 Å². The van der Waals surface area contributed by atoms with Crippen LogP contribution in [0.4, 0.5) is 21.2 Å². The zero-order chi connectivity index (χ0) is 24.3. The molecule has 2 N–H and O–H groups in total. The molecule has 1 aliphatic rings. The van der Waals surface area contributed by atoms with Crippen molar-refractivity contribution < 1.29 is 19.1 Å². The third kappa shape index (κ3) is 7.83. The van der Waals surface area contributed by atoms with Crippen molar-refractivity contribution in [3.63, 3.8) is 0 Å². The zero-order valence-electron chi connectivity index (χ0n) is 20.5. The Bertz CT molecular complexity index is 838. The molecule has 1 fully saturated rings. The molecule has 180 valence electrons. The summed E-state index contributed by atoms with van der Waals surface area (Å²) in [5, 5.41) is 5.79. The van der Waals surface area contributed by atoms with Crippen LogP contribution in [0.15, 0.2) is 10.5 Å². The van der Waals surface area contributed by atoms with E-state index in [-0.39, 0.29) is 5.54 Å². The number of halogens is 1. The largest absolute Gasteiger partial charge is 0.444 e. The Morgan fingerprint density at radius 3 is 2.12 bits per heavy atom. The first-order chi connectivity index (χ1) is 14.6. The van der Waals surface area contributed by atoms with E-state index >= 15 is 0 Å². The van der Waals surface area contributed by atoms with Gasteiger partial charge >= 0.3 is 12.2 Å². The van der Waals surface area contributed by atoms with E-state index in [1.807, 2.05) is 54.5 Å². The number of anilines is 2. The molecule has 8 nitrogen and oxygen atoms in total.